The fourth-order valence-corrected chi connectivity index (χ4v) is 2.66. The summed E-state index contributed by atoms with van der Waals surface area (Å²) >= 11 is 3.45. The zero-order chi connectivity index (χ0) is 14.7. The molecule has 20 heavy (non-hydrogen) atoms. The summed E-state index contributed by atoms with van der Waals surface area (Å²) in [6, 6.07) is 8.33. The second kappa shape index (κ2) is 6.27. The van der Waals surface area contributed by atoms with E-state index >= 15 is 0 Å². The van der Waals surface area contributed by atoms with Gasteiger partial charge < -0.3 is 9.64 Å². The molecule has 1 heterocycles. The van der Waals surface area contributed by atoms with E-state index in [0.29, 0.717) is 0 Å². The van der Waals surface area contributed by atoms with Crippen LogP contribution in [0.1, 0.15) is 18.1 Å². The molecule has 0 spiro atoms. The monoisotopic (exact) mass is 334 g/mol. The molecular weight excluding hydrogens is 316 g/mol. The Labute approximate surface area is 128 Å². The standard InChI is InChI=1S/C16H19BrN2O/c1-5-12-6-7-15(20-4)14(9-12)19(3)16-11(2)8-13(17)10-18-16/h6-10H,5H2,1-4H3. The van der Waals surface area contributed by atoms with E-state index in [0.717, 1.165) is 33.7 Å². The smallest absolute Gasteiger partial charge is 0.142 e. The zero-order valence-electron chi connectivity index (χ0n) is 12.3. The first kappa shape index (κ1) is 14.9. The first-order chi connectivity index (χ1) is 9.56. The number of benzene rings is 1. The van der Waals surface area contributed by atoms with E-state index in [1.54, 1.807) is 7.11 Å². The molecule has 106 valence electrons. The third-order valence-electron chi connectivity index (χ3n) is 3.35. The van der Waals surface area contributed by atoms with Crippen molar-refractivity contribution < 1.29 is 4.74 Å². The molecule has 0 saturated carbocycles. The molecule has 1 aromatic carbocycles. The van der Waals surface area contributed by atoms with Crippen molar-refractivity contribution in [3.63, 3.8) is 0 Å². The van der Waals surface area contributed by atoms with Gasteiger partial charge in [0.1, 0.15) is 11.6 Å². The first-order valence-electron chi connectivity index (χ1n) is 6.59. The Morgan fingerprint density at radius 3 is 2.65 bits per heavy atom. The maximum Gasteiger partial charge on any atom is 0.142 e. The van der Waals surface area contributed by atoms with Crippen LogP contribution in [0.3, 0.4) is 0 Å². The minimum atomic E-state index is 0.855. The van der Waals surface area contributed by atoms with E-state index in [1.807, 2.05) is 19.3 Å². The first-order valence-corrected chi connectivity index (χ1v) is 7.39. The lowest BCUT2D eigenvalue weighted by atomic mass is 10.1. The van der Waals surface area contributed by atoms with E-state index in [9.17, 15) is 0 Å². The van der Waals surface area contributed by atoms with Gasteiger partial charge in [-0.25, -0.2) is 4.98 Å². The third-order valence-corrected chi connectivity index (χ3v) is 3.78. The van der Waals surface area contributed by atoms with Crippen molar-refractivity contribution >= 4 is 27.4 Å². The number of ether oxygens (including phenoxy) is 1. The van der Waals surface area contributed by atoms with E-state index in [4.69, 9.17) is 4.74 Å². The van der Waals surface area contributed by atoms with Gasteiger partial charge in [0.2, 0.25) is 0 Å². The van der Waals surface area contributed by atoms with Crippen LogP contribution in [0.25, 0.3) is 0 Å². The van der Waals surface area contributed by atoms with E-state index < -0.39 is 0 Å². The molecule has 4 heteroatoms. The average molecular weight is 335 g/mol. The topological polar surface area (TPSA) is 25.4 Å². The summed E-state index contributed by atoms with van der Waals surface area (Å²) < 4.78 is 6.46. The van der Waals surface area contributed by atoms with Crippen molar-refractivity contribution in [2.75, 3.05) is 19.1 Å². The Hall–Kier alpha value is -1.55. The summed E-state index contributed by atoms with van der Waals surface area (Å²) in [6.07, 6.45) is 2.81. The van der Waals surface area contributed by atoms with Crippen molar-refractivity contribution in [2.45, 2.75) is 20.3 Å². The Kier molecular flexibility index (Phi) is 4.65. The molecule has 0 N–H and O–H groups in total. The molecule has 3 nitrogen and oxygen atoms in total. The van der Waals surface area contributed by atoms with Gasteiger partial charge in [-0.3, -0.25) is 0 Å². The predicted octanol–water partition coefficient (Wildman–Crippen LogP) is 4.49. The number of aromatic nitrogens is 1. The zero-order valence-corrected chi connectivity index (χ0v) is 13.9. The van der Waals surface area contributed by atoms with Crippen LogP contribution >= 0.6 is 15.9 Å². The second-order valence-electron chi connectivity index (χ2n) is 4.71. The Morgan fingerprint density at radius 1 is 1.30 bits per heavy atom. The van der Waals surface area contributed by atoms with E-state index in [1.165, 1.54) is 5.56 Å². The van der Waals surface area contributed by atoms with Crippen molar-refractivity contribution in [2.24, 2.45) is 0 Å². The van der Waals surface area contributed by atoms with Gasteiger partial charge in [-0.05, 0) is 58.6 Å². The van der Waals surface area contributed by atoms with Gasteiger partial charge in [-0.2, -0.15) is 0 Å². The molecule has 0 saturated heterocycles. The lowest BCUT2D eigenvalue weighted by molar-refractivity contribution is 0.415. The van der Waals surface area contributed by atoms with Crippen molar-refractivity contribution in [3.8, 4) is 5.75 Å². The SMILES string of the molecule is CCc1ccc(OC)c(N(C)c2ncc(Br)cc2C)c1. The number of aryl methyl sites for hydroxylation is 2. The molecular formula is C16H19BrN2O. The maximum atomic E-state index is 5.47. The third kappa shape index (κ3) is 2.96. The van der Waals surface area contributed by atoms with Crippen LogP contribution in [-0.4, -0.2) is 19.1 Å². The summed E-state index contributed by atoms with van der Waals surface area (Å²) in [5.41, 5.74) is 3.43. The van der Waals surface area contributed by atoms with Crippen molar-refractivity contribution in [1.29, 1.82) is 0 Å². The van der Waals surface area contributed by atoms with Gasteiger partial charge in [-0.15, -0.1) is 0 Å². The molecule has 2 aromatic rings. The molecule has 0 atom stereocenters. The molecule has 0 radical (unpaired) electrons. The number of anilines is 2. The molecule has 2 rings (SSSR count). The molecule has 0 bridgehead atoms. The Balaban J connectivity index is 2.48. The van der Waals surface area contributed by atoms with Gasteiger partial charge >= 0.3 is 0 Å². The molecule has 0 aliphatic heterocycles. The maximum absolute atomic E-state index is 5.47. The number of pyridine rings is 1. The largest absolute Gasteiger partial charge is 0.495 e. The normalized spacial score (nSPS) is 10.4. The van der Waals surface area contributed by atoms with Crippen molar-refractivity contribution in [1.82, 2.24) is 4.98 Å². The Morgan fingerprint density at radius 2 is 2.05 bits per heavy atom. The summed E-state index contributed by atoms with van der Waals surface area (Å²) in [6.45, 7) is 4.20. The summed E-state index contributed by atoms with van der Waals surface area (Å²) in [7, 11) is 3.71. The minimum absolute atomic E-state index is 0.855. The van der Waals surface area contributed by atoms with Crippen LogP contribution < -0.4 is 9.64 Å². The van der Waals surface area contributed by atoms with Gasteiger partial charge in [0.25, 0.3) is 0 Å². The van der Waals surface area contributed by atoms with E-state index in [2.05, 4.69) is 57.9 Å². The molecule has 0 aliphatic carbocycles. The van der Waals surface area contributed by atoms with Crippen LogP contribution in [0.2, 0.25) is 0 Å². The fraction of sp³-hybridized carbons (Fsp3) is 0.312. The number of rotatable bonds is 4. The highest BCUT2D eigenvalue weighted by Gasteiger charge is 2.14. The van der Waals surface area contributed by atoms with Gasteiger partial charge in [-0.1, -0.05) is 13.0 Å². The van der Waals surface area contributed by atoms with Gasteiger partial charge in [0, 0.05) is 17.7 Å². The van der Waals surface area contributed by atoms with Crippen LogP contribution in [0.4, 0.5) is 11.5 Å². The van der Waals surface area contributed by atoms with Crippen LogP contribution in [-0.2, 0) is 6.42 Å². The highest BCUT2D eigenvalue weighted by molar-refractivity contribution is 9.10. The van der Waals surface area contributed by atoms with Gasteiger partial charge in [0.05, 0.1) is 12.8 Å². The van der Waals surface area contributed by atoms with Crippen molar-refractivity contribution in [3.05, 3.63) is 46.1 Å². The molecule has 0 amide bonds. The number of nitrogens with zero attached hydrogens (tertiary/aromatic N) is 2. The summed E-state index contributed by atoms with van der Waals surface area (Å²) in [5, 5.41) is 0. The summed E-state index contributed by atoms with van der Waals surface area (Å²) in [4.78, 5) is 6.58. The lowest BCUT2D eigenvalue weighted by Crippen LogP contribution is -2.14. The molecule has 1 aromatic heterocycles. The quantitative estimate of drug-likeness (QED) is 0.823. The lowest BCUT2D eigenvalue weighted by Gasteiger charge is -2.23. The van der Waals surface area contributed by atoms with Crippen LogP contribution in [0.5, 0.6) is 5.75 Å². The average Bonchev–Trinajstić information content (AvgIpc) is 2.46. The second-order valence-corrected chi connectivity index (χ2v) is 5.63. The Bertz CT molecular complexity index is 613. The fourth-order valence-electron chi connectivity index (χ4n) is 2.22. The predicted molar refractivity (Wildman–Crippen MR) is 87.1 cm³/mol. The molecule has 0 fully saturated rings. The van der Waals surface area contributed by atoms with Crippen LogP contribution in [0.15, 0.2) is 34.9 Å². The molecule has 0 aliphatic rings. The summed E-state index contributed by atoms with van der Waals surface area (Å²) in [5.74, 6) is 1.79. The molecule has 0 unspecified atom stereocenters. The van der Waals surface area contributed by atoms with Crippen LogP contribution in [0, 0.1) is 6.92 Å². The minimum Gasteiger partial charge on any atom is -0.495 e. The number of methoxy groups -OCH3 is 1. The van der Waals surface area contributed by atoms with Gasteiger partial charge in [0.15, 0.2) is 0 Å². The highest BCUT2D eigenvalue weighted by atomic mass is 79.9. The number of hydrogen-bond acceptors (Lipinski definition) is 3. The highest BCUT2D eigenvalue weighted by Crippen LogP contribution is 2.34. The number of halogens is 1. The number of hydrogen-bond donors (Lipinski definition) is 0. The van der Waals surface area contributed by atoms with E-state index in [-0.39, 0.29) is 0 Å².